The molecule has 3 heterocycles. The van der Waals surface area contributed by atoms with Gasteiger partial charge in [0.1, 0.15) is 5.75 Å². The van der Waals surface area contributed by atoms with E-state index in [9.17, 15) is 18.0 Å². The molecule has 9 heteroatoms. The van der Waals surface area contributed by atoms with Crippen LogP contribution in [0.25, 0.3) is 0 Å². The molecule has 4 rings (SSSR count). The van der Waals surface area contributed by atoms with Crippen molar-refractivity contribution in [2.45, 2.75) is 38.7 Å². The highest BCUT2D eigenvalue weighted by Crippen LogP contribution is 2.44. The van der Waals surface area contributed by atoms with Gasteiger partial charge in [0.15, 0.2) is 0 Å². The molecule has 178 valence electrons. The van der Waals surface area contributed by atoms with Crippen molar-refractivity contribution >= 4 is 11.6 Å². The Balaban J connectivity index is 1.36. The van der Waals surface area contributed by atoms with Crippen LogP contribution in [0.15, 0.2) is 24.3 Å². The summed E-state index contributed by atoms with van der Waals surface area (Å²) in [6, 6.07) is 5.90. The molecule has 1 spiro atoms. The molecule has 0 bridgehead atoms. The summed E-state index contributed by atoms with van der Waals surface area (Å²) in [5.74, 6) is 0.0555. The van der Waals surface area contributed by atoms with E-state index in [0.717, 1.165) is 38.2 Å². The van der Waals surface area contributed by atoms with Gasteiger partial charge in [0.05, 0.1) is 18.1 Å². The zero-order chi connectivity index (χ0) is 22.9. The fourth-order valence-electron chi connectivity index (χ4n) is 5.41. The summed E-state index contributed by atoms with van der Waals surface area (Å²) in [6.45, 7) is 10.3. The van der Waals surface area contributed by atoms with Crippen LogP contribution in [0.2, 0.25) is 0 Å². The maximum Gasteiger partial charge on any atom is 0.573 e. The Labute approximate surface area is 187 Å². The summed E-state index contributed by atoms with van der Waals surface area (Å²) < 4.78 is 47.3. The van der Waals surface area contributed by atoms with Crippen molar-refractivity contribution in [1.82, 2.24) is 9.80 Å². The minimum absolute atomic E-state index is 0.105. The van der Waals surface area contributed by atoms with Crippen LogP contribution >= 0.6 is 0 Å². The van der Waals surface area contributed by atoms with Crippen LogP contribution in [-0.2, 0) is 9.53 Å². The first-order valence-corrected chi connectivity index (χ1v) is 11.5. The van der Waals surface area contributed by atoms with Gasteiger partial charge in [0.25, 0.3) is 0 Å². The van der Waals surface area contributed by atoms with Crippen molar-refractivity contribution in [1.29, 1.82) is 0 Å². The van der Waals surface area contributed by atoms with Crippen molar-refractivity contribution in [3.8, 4) is 5.75 Å². The third kappa shape index (κ3) is 4.83. The number of nitrogens with zero attached hydrogens (tertiary/aromatic N) is 3. The summed E-state index contributed by atoms with van der Waals surface area (Å²) in [5, 5.41) is 0. The molecular formula is C23H32F3N3O3. The maximum atomic E-state index is 13.5. The molecule has 2 atom stereocenters. The van der Waals surface area contributed by atoms with Gasteiger partial charge in [-0.15, -0.1) is 13.2 Å². The van der Waals surface area contributed by atoms with Crippen molar-refractivity contribution in [3.63, 3.8) is 0 Å². The SMILES string of the molecule is CCN1CCC2(CC1)OCC(C)C2C(=O)N1CCN(c2ccc(OC(F)(F)F)cc2)CC1. The minimum Gasteiger partial charge on any atom is -0.406 e. The van der Waals surface area contributed by atoms with Crippen molar-refractivity contribution in [2.24, 2.45) is 11.8 Å². The Morgan fingerprint density at radius 3 is 2.28 bits per heavy atom. The van der Waals surface area contributed by atoms with Gasteiger partial charge in [0, 0.05) is 45.0 Å². The predicted molar refractivity (Wildman–Crippen MR) is 115 cm³/mol. The second kappa shape index (κ2) is 9.09. The molecule has 0 radical (unpaired) electrons. The number of hydrogen-bond donors (Lipinski definition) is 0. The number of likely N-dealkylation sites (tertiary alicyclic amines) is 1. The van der Waals surface area contributed by atoms with Crippen LogP contribution in [-0.4, -0.2) is 80.1 Å². The zero-order valence-electron chi connectivity index (χ0n) is 18.7. The van der Waals surface area contributed by atoms with Crippen LogP contribution < -0.4 is 9.64 Å². The van der Waals surface area contributed by atoms with Gasteiger partial charge < -0.3 is 24.2 Å². The fourth-order valence-corrected chi connectivity index (χ4v) is 5.41. The number of ether oxygens (including phenoxy) is 2. The number of anilines is 1. The second-order valence-corrected chi connectivity index (χ2v) is 9.12. The Bertz CT molecular complexity index is 786. The number of piperazine rings is 1. The number of hydrogen-bond acceptors (Lipinski definition) is 5. The molecule has 0 aromatic heterocycles. The topological polar surface area (TPSA) is 45.2 Å². The normalized spacial score (nSPS) is 26.5. The Kier molecular flexibility index (Phi) is 6.58. The van der Waals surface area contributed by atoms with Gasteiger partial charge in [-0.3, -0.25) is 4.79 Å². The Hall–Kier alpha value is -2.00. The van der Waals surface area contributed by atoms with E-state index in [1.54, 1.807) is 12.1 Å². The number of benzene rings is 1. The summed E-state index contributed by atoms with van der Waals surface area (Å²) >= 11 is 0. The summed E-state index contributed by atoms with van der Waals surface area (Å²) in [7, 11) is 0. The monoisotopic (exact) mass is 455 g/mol. The molecule has 1 aromatic carbocycles. The van der Waals surface area contributed by atoms with Gasteiger partial charge in [0.2, 0.25) is 5.91 Å². The lowest BCUT2D eigenvalue weighted by Crippen LogP contribution is -2.56. The second-order valence-electron chi connectivity index (χ2n) is 9.12. The smallest absolute Gasteiger partial charge is 0.406 e. The quantitative estimate of drug-likeness (QED) is 0.697. The highest BCUT2D eigenvalue weighted by atomic mass is 19.4. The van der Waals surface area contributed by atoms with Gasteiger partial charge in [-0.25, -0.2) is 0 Å². The fraction of sp³-hybridized carbons (Fsp3) is 0.696. The zero-order valence-corrected chi connectivity index (χ0v) is 18.7. The summed E-state index contributed by atoms with van der Waals surface area (Å²) in [5.41, 5.74) is 0.487. The predicted octanol–water partition coefficient (Wildman–Crippen LogP) is 3.37. The van der Waals surface area contributed by atoms with Crippen molar-refractivity contribution in [3.05, 3.63) is 24.3 Å². The molecule has 1 amide bonds. The number of piperidine rings is 1. The molecule has 0 aliphatic carbocycles. The lowest BCUT2D eigenvalue weighted by atomic mass is 9.75. The molecule has 1 aromatic rings. The average molecular weight is 456 g/mol. The van der Waals surface area contributed by atoms with E-state index >= 15 is 0 Å². The molecule has 3 saturated heterocycles. The number of alkyl halides is 3. The highest BCUT2D eigenvalue weighted by molar-refractivity contribution is 5.81. The molecule has 32 heavy (non-hydrogen) atoms. The average Bonchev–Trinajstić information content (AvgIpc) is 3.09. The third-order valence-electron chi connectivity index (χ3n) is 7.21. The Morgan fingerprint density at radius 2 is 1.72 bits per heavy atom. The third-order valence-corrected chi connectivity index (χ3v) is 7.21. The highest BCUT2D eigenvalue weighted by Gasteiger charge is 2.54. The molecular weight excluding hydrogens is 423 g/mol. The summed E-state index contributed by atoms with van der Waals surface area (Å²) in [6.07, 6.45) is -2.90. The van der Waals surface area contributed by atoms with Gasteiger partial charge in [-0.2, -0.15) is 0 Å². The van der Waals surface area contributed by atoms with Crippen molar-refractivity contribution < 1.29 is 27.4 Å². The lowest BCUT2D eigenvalue weighted by Gasteiger charge is -2.44. The first-order chi connectivity index (χ1) is 15.2. The number of amides is 1. The lowest BCUT2D eigenvalue weighted by molar-refractivity contribution is -0.274. The van der Waals surface area contributed by atoms with E-state index < -0.39 is 6.36 Å². The Morgan fingerprint density at radius 1 is 1.09 bits per heavy atom. The van der Waals surface area contributed by atoms with Crippen LogP contribution in [0.3, 0.4) is 0 Å². The minimum atomic E-state index is -4.70. The van der Waals surface area contributed by atoms with Crippen LogP contribution in [0.5, 0.6) is 5.75 Å². The molecule has 3 aliphatic rings. The van der Waals surface area contributed by atoms with E-state index in [1.807, 2.05) is 4.90 Å². The molecule has 2 unspecified atom stereocenters. The van der Waals surface area contributed by atoms with Gasteiger partial charge >= 0.3 is 6.36 Å². The van der Waals surface area contributed by atoms with Gasteiger partial charge in [-0.1, -0.05) is 13.8 Å². The number of carbonyl (C=O) groups excluding carboxylic acids is 1. The molecule has 0 saturated carbocycles. The largest absolute Gasteiger partial charge is 0.573 e. The van der Waals surface area contributed by atoms with E-state index in [1.165, 1.54) is 12.1 Å². The standard InChI is InChI=1S/C23H32F3N3O3/c1-3-27-10-8-22(9-11-27)20(17(2)16-31-22)21(30)29-14-12-28(13-15-29)18-4-6-19(7-5-18)32-23(24,25)26/h4-7,17,20H,3,8-16H2,1-2H3. The number of carbonyl (C=O) groups is 1. The van der Waals surface area contributed by atoms with E-state index in [2.05, 4.69) is 28.4 Å². The maximum absolute atomic E-state index is 13.5. The molecule has 3 fully saturated rings. The van der Waals surface area contributed by atoms with Gasteiger partial charge in [-0.05, 0) is 49.6 Å². The molecule has 6 nitrogen and oxygen atoms in total. The number of halogens is 3. The summed E-state index contributed by atoms with van der Waals surface area (Å²) in [4.78, 5) is 20.0. The van der Waals surface area contributed by atoms with Crippen molar-refractivity contribution in [2.75, 3.05) is 57.3 Å². The van der Waals surface area contributed by atoms with E-state index in [-0.39, 0.29) is 29.1 Å². The first kappa shape index (κ1) is 23.2. The first-order valence-electron chi connectivity index (χ1n) is 11.5. The van der Waals surface area contributed by atoms with E-state index in [0.29, 0.717) is 32.8 Å². The molecule has 0 N–H and O–H groups in total. The van der Waals surface area contributed by atoms with Crippen LogP contribution in [0.4, 0.5) is 18.9 Å². The van der Waals surface area contributed by atoms with Crippen LogP contribution in [0, 0.1) is 11.8 Å². The van der Waals surface area contributed by atoms with Crippen LogP contribution in [0.1, 0.15) is 26.7 Å². The molecule has 3 aliphatic heterocycles. The number of rotatable bonds is 4. The van der Waals surface area contributed by atoms with E-state index in [4.69, 9.17) is 4.74 Å².